The lowest BCUT2D eigenvalue weighted by Crippen LogP contribution is -2.46. The van der Waals surface area contributed by atoms with Crippen molar-refractivity contribution in [2.75, 3.05) is 26.7 Å². The largest absolute Gasteiger partial charge is 0.396 e. The van der Waals surface area contributed by atoms with Gasteiger partial charge in [-0.25, -0.2) is 0 Å². The number of likely N-dealkylation sites (tertiary alicyclic amines) is 1. The minimum Gasteiger partial charge on any atom is -0.396 e. The van der Waals surface area contributed by atoms with E-state index in [-0.39, 0.29) is 0 Å². The summed E-state index contributed by atoms with van der Waals surface area (Å²) in [7, 11) is 2.21. The molecule has 0 aromatic carbocycles. The van der Waals surface area contributed by atoms with E-state index in [1.54, 1.807) is 0 Å². The van der Waals surface area contributed by atoms with Crippen LogP contribution in [0.3, 0.4) is 0 Å². The van der Waals surface area contributed by atoms with Crippen LogP contribution in [0.15, 0.2) is 0 Å². The van der Waals surface area contributed by atoms with Crippen LogP contribution in [0.2, 0.25) is 0 Å². The molecular weight excluding hydrogens is 200 g/mol. The molecule has 0 saturated carbocycles. The van der Waals surface area contributed by atoms with E-state index in [0.717, 1.165) is 19.4 Å². The molecule has 16 heavy (non-hydrogen) atoms. The summed E-state index contributed by atoms with van der Waals surface area (Å²) in [5.41, 5.74) is 0. The molecule has 1 aliphatic rings. The minimum atomic E-state index is 0.323. The predicted molar refractivity (Wildman–Crippen MR) is 68.6 cm³/mol. The molecule has 3 heteroatoms. The third-order valence-electron chi connectivity index (χ3n) is 4.02. The van der Waals surface area contributed by atoms with Gasteiger partial charge in [-0.05, 0) is 52.2 Å². The van der Waals surface area contributed by atoms with Crippen molar-refractivity contribution in [3.8, 4) is 0 Å². The molecule has 3 unspecified atom stereocenters. The van der Waals surface area contributed by atoms with Crippen molar-refractivity contribution in [2.24, 2.45) is 5.92 Å². The van der Waals surface area contributed by atoms with Crippen LogP contribution in [0.4, 0.5) is 0 Å². The first-order chi connectivity index (χ1) is 7.67. The number of rotatable bonds is 6. The molecule has 1 aliphatic heterocycles. The number of aliphatic hydroxyl groups is 1. The van der Waals surface area contributed by atoms with Crippen LogP contribution in [-0.4, -0.2) is 48.8 Å². The van der Waals surface area contributed by atoms with Crippen molar-refractivity contribution in [3.63, 3.8) is 0 Å². The smallest absolute Gasteiger partial charge is 0.0434 e. The second-order valence-electron chi connectivity index (χ2n) is 5.25. The number of piperidine rings is 1. The second-order valence-corrected chi connectivity index (χ2v) is 5.25. The lowest BCUT2D eigenvalue weighted by atomic mass is 9.97. The molecular formula is C13H28N2O. The molecule has 0 aromatic heterocycles. The Labute approximate surface area is 100 Å². The Bertz CT molecular complexity index is 187. The summed E-state index contributed by atoms with van der Waals surface area (Å²) in [6.07, 6.45) is 4.61. The zero-order valence-electron chi connectivity index (χ0n) is 11.1. The van der Waals surface area contributed by atoms with E-state index in [4.69, 9.17) is 5.11 Å². The maximum atomic E-state index is 8.95. The molecule has 96 valence electrons. The first-order valence-corrected chi connectivity index (χ1v) is 6.71. The third-order valence-corrected chi connectivity index (χ3v) is 4.02. The van der Waals surface area contributed by atoms with Crippen LogP contribution >= 0.6 is 0 Å². The maximum absolute atomic E-state index is 8.95. The lowest BCUT2D eigenvalue weighted by Gasteiger charge is -2.36. The number of aliphatic hydroxyl groups excluding tert-OH is 1. The molecule has 0 aliphatic carbocycles. The highest BCUT2D eigenvalue weighted by Crippen LogP contribution is 2.16. The molecule has 1 fully saturated rings. The molecule has 0 aromatic rings. The highest BCUT2D eigenvalue weighted by Gasteiger charge is 2.22. The monoisotopic (exact) mass is 228 g/mol. The van der Waals surface area contributed by atoms with Crippen molar-refractivity contribution >= 4 is 0 Å². The van der Waals surface area contributed by atoms with Crippen LogP contribution in [0, 0.1) is 5.92 Å². The summed E-state index contributed by atoms with van der Waals surface area (Å²) in [4.78, 5) is 2.43. The minimum absolute atomic E-state index is 0.323. The van der Waals surface area contributed by atoms with Crippen LogP contribution in [0.25, 0.3) is 0 Å². The summed E-state index contributed by atoms with van der Waals surface area (Å²) >= 11 is 0. The van der Waals surface area contributed by atoms with Crippen molar-refractivity contribution < 1.29 is 5.11 Å². The first-order valence-electron chi connectivity index (χ1n) is 6.71. The molecule has 1 rings (SSSR count). The summed E-state index contributed by atoms with van der Waals surface area (Å²) < 4.78 is 0. The topological polar surface area (TPSA) is 35.5 Å². The molecule has 0 spiro atoms. The lowest BCUT2D eigenvalue weighted by molar-refractivity contribution is 0.163. The zero-order chi connectivity index (χ0) is 12.0. The maximum Gasteiger partial charge on any atom is 0.0434 e. The van der Waals surface area contributed by atoms with Crippen molar-refractivity contribution in [3.05, 3.63) is 0 Å². The Hall–Kier alpha value is -0.120. The Morgan fingerprint density at radius 2 is 2.25 bits per heavy atom. The van der Waals surface area contributed by atoms with Gasteiger partial charge < -0.3 is 15.3 Å². The van der Waals surface area contributed by atoms with E-state index in [2.05, 4.69) is 31.1 Å². The molecule has 1 heterocycles. The van der Waals surface area contributed by atoms with Gasteiger partial charge in [0.05, 0.1) is 0 Å². The highest BCUT2D eigenvalue weighted by molar-refractivity contribution is 4.81. The van der Waals surface area contributed by atoms with Gasteiger partial charge in [0.15, 0.2) is 0 Å². The number of nitrogens with one attached hydrogen (secondary N) is 1. The number of nitrogens with zero attached hydrogens (tertiary/aromatic N) is 1. The summed E-state index contributed by atoms with van der Waals surface area (Å²) in [5.74, 6) is 0.639. The fraction of sp³-hybridized carbons (Fsp3) is 1.00. The molecule has 0 amide bonds. The number of hydrogen-bond acceptors (Lipinski definition) is 3. The normalized spacial score (nSPS) is 29.2. The molecule has 3 atom stereocenters. The average molecular weight is 228 g/mol. The van der Waals surface area contributed by atoms with Gasteiger partial charge in [-0.2, -0.15) is 0 Å². The van der Waals surface area contributed by atoms with E-state index in [1.807, 2.05) is 0 Å². The molecule has 2 N–H and O–H groups in total. The van der Waals surface area contributed by atoms with Gasteiger partial charge in [-0.1, -0.05) is 13.3 Å². The molecule has 1 saturated heterocycles. The predicted octanol–water partition coefficient (Wildman–Crippen LogP) is 1.47. The van der Waals surface area contributed by atoms with E-state index >= 15 is 0 Å². The number of hydrogen-bond donors (Lipinski definition) is 2. The molecule has 0 radical (unpaired) electrons. The average Bonchev–Trinajstić information content (AvgIpc) is 2.28. The molecule has 3 nitrogen and oxygen atoms in total. The van der Waals surface area contributed by atoms with Crippen LogP contribution in [-0.2, 0) is 0 Å². The van der Waals surface area contributed by atoms with Gasteiger partial charge in [0.2, 0.25) is 0 Å². The Morgan fingerprint density at radius 1 is 1.50 bits per heavy atom. The third kappa shape index (κ3) is 4.40. The van der Waals surface area contributed by atoms with Crippen LogP contribution in [0.5, 0.6) is 0 Å². The quantitative estimate of drug-likeness (QED) is 0.722. The Kier molecular flexibility index (Phi) is 6.32. The Morgan fingerprint density at radius 3 is 2.81 bits per heavy atom. The van der Waals surface area contributed by atoms with Crippen molar-refractivity contribution in [1.82, 2.24) is 10.2 Å². The zero-order valence-corrected chi connectivity index (χ0v) is 11.1. The van der Waals surface area contributed by atoms with Crippen molar-refractivity contribution in [2.45, 2.75) is 51.6 Å². The Balaban J connectivity index is 2.21. The van der Waals surface area contributed by atoms with Gasteiger partial charge in [0.1, 0.15) is 0 Å². The molecule has 0 bridgehead atoms. The van der Waals surface area contributed by atoms with Gasteiger partial charge in [0.25, 0.3) is 0 Å². The first kappa shape index (κ1) is 13.9. The van der Waals surface area contributed by atoms with E-state index < -0.39 is 0 Å². The van der Waals surface area contributed by atoms with Gasteiger partial charge >= 0.3 is 0 Å². The summed E-state index contributed by atoms with van der Waals surface area (Å²) in [5, 5.41) is 12.6. The summed E-state index contributed by atoms with van der Waals surface area (Å²) in [6.45, 7) is 7.11. The SMILES string of the molecule is CCC(CCO)CNC1CCN(C)C(C)C1. The van der Waals surface area contributed by atoms with Crippen molar-refractivity contribution in [1.29, 1.82) is 0 Å². The van der Waals surface area contributed by atoms with Gasteiger partial charge in [-0.15, -0.1) is 0 Å². The van der Waals surface area contributed by atoms with Crippen LogP contribution in [0.1, 0.15) is 39.5 Å². The highest BCUT2D eigenvalue weighted by atomic mass is 16.3. The van der Waals surface area contributed by atoms with E-state index in [9.17, 15) is 0 Å². The van der Waals surface area contributed by atoms with E-state index in [0.29, 0.717) is 24.6 Å². The van der Waals surface area contributed by atoms with E-state index in [1.165, 1.54) is 19.4 Å². The van der Waals surface area contributed by atoms with Crippen LogP contribution < -0.4 is 5.32 Å². The van der Waals surface area contributed by atoms with Gasteiger partial charge in [-0.3, -0.25) is 0 Å². The summed E-state index contributed by atoms with van der Waals surface area (Å²) in [6, 6.07) is 1.38. The second kappa shape index (κ2) is 7.25. The fourth-order valence-electron chi connectivity index (χ4n) is 2.44. The standard InChI is InChI=1S/C13H28N2O/c1-4-12(6-8-16)10-14-13-5-7-15(3)11(2)9-13/h11-14,16H,4-10H2,1-3H3. The van der Waals surface area contributed by atoms with Gasteiger partial charge in [0, 0.05) is 18.7 Å². The fourth-order valence-corrected chi connectivity index (χ4v) is 2.44.